The lowest BCUT2D eigenvalue weighted by Crippen LogP contribution is -2.40. The van der Waals surface area contributed by atoms with Crippen LogP contribution in [0.4, 0.5) is 0 Å². The van der Waals surface area contributed by atoms with E-state index in [-0.39, 0.29) is 12.3 Å². The summed E-state index contributed by atoms with van der Waals surface area (Å²) in [4.78, 5) is 0. The Morgan fingerprint density at radius 1 is 1.17 bits per heavy atom. The van der Waals surface area contributed by atoms with E-state index in [1.807, 2.05) is 0 Å². The molecule has 0 atom stereocenters. The molecule has 0 heterocycles. The maximum Gasteiger partial charge on any atom is -0.121 e. The Hall–Kier alpha value is -0.0951. The molecule has 0 aliphatic rings. The number of quaternary nitrogens is 2. The van der Waals surface area contributed by atoms with Crippen molar-refractivity contribution in [2.24, 2.45) is 0 Å². The van der Waals surface area contributed by atoms with Crippen molar-refractivity contribution < 1.29 is 10.0 Å². The van der Waals surface area contributed by atoms with Crippen LogP contribution in [-0.2, 0) is 0 Å². The minimum Gasteiger partial charge on any atom is -0.893 e. The van der Waals surface area contributed by atoms with Gasteiger partial charge in [-0.2, -0.15) is 0 Å². The van der Waals surface area contributed by atoms with Crippen LogP contribution in [0.25, 0.3) is 0 Å². The molecule has 0 amide bonds. The highest BCUT2D eigenvalue weighted by molar-refractivity contribution is 6.34. The fourth-order valence-corrected chi connectivity index (χ4v) is 0. The quantitative estimate of drug-likeness (QED) is 0.358. The molecular formula is CH11BN2O2. The van der Waals surface area contributed by atoms with Gasteiger partial charge in [0.1, 0.15) is 0 Å². The highest BCUT2D eigenvalue weighted by atomic mass is 16.4. The van der Waals surface area contributed by atoms with Gasteiger partial charge in [-0.05, 0) is 0 Å². The summed E-state index contributed by atoms with van der Waals surface area (Å²) < 4.78 is 0. The van der Waals surface area contributed by atoms with Crippen molar-refractivity contribution in [2.75, 3.05) is 0 Å². The summed E-state index contributed by atoms with van der Waals surface area (Å²) in [6, 6.07) is 0. The lowest BCUT2D eigenvalue weighted by molar-refractivity contribution is -0.345. The molecule has 0 saturated carbocycles. The van der Waals surface area contributed by atoms with Crippen LogP contribution in [0, 0.1) is 0 Å². The Balaban J connectivity index is -0.0000000450. The molecule has 40 valence electrons. The van der Waals surface area contributed by atoms with Crippen LogP contribution in [0.1, 0.15) is 0 Å². The van der Waals surface area contributed by atoms with Gasteiger partial charge in [0.15, 0.2) is 0 Å². The van der Waals surface area contributed by atoms with E-state index in [0.29, 0.717) is 0 Å². The van der Waals surface area contributed by atoms with Gasteiger partial charge in [-0.1, -0.05) is 0 Å². The Kier molecular flexibility index (Phi) is 24.9. The maximum absolute atomic E-state index is 8.97. The van der Waals surface area contributed by atoms with Gasteiger partial charge >= 0.3 is 0 Å². The van der Waals surface area contributed by atoms with E-state index in [9.17, 15) is 0 Å². The largest absolute Gasteiger partial charge is 0.893 e. The summed E-state index contributed by atoms with van der Waals surface area (Å²) in [5, 5.41) is 17.9. The Morgan fingerprint density at radius 2 is 1.17 bits per heavy atom. The molecule has 0 fully saturated rings. The summed E-state index contributed by atoms with van der Waals surface area (Å²) >= 11 is 0. The van der Waals surface area contributed by atoms with Gasteiger partial charge in [-0.3, -0.25) is 0 Å². The SMILES string of the molecule is CB([O-])[O-].[NH4+].[NH4+]. The molecule has 0 saturated heterocycles. The molecule has 4 nitrogen and oxygen atoms in total. The summed E-state index contributed by atoms with van der Waals surface area (Å²) in [6.45, 7) is 1.06. The highest BCUT2D eigenvalue weighted by Crippen LogP contribution is 1.32. The molecule has 0 bridgehead atoms. The first-order chi connectivity index (χ1) is 1.73. The first-order valence-corrected chi connectivity index (χ1v) is 1.05. The lowest BCUT2D eigenvalue weighted by Gasteiger charge is -2.17. The zero-order chi connectivity index (χ0) is 3.58. The van der Waals surface area contributed by atoms with Gasteiger partial charge in [-0.15, -0.1) is 13.9 Å². The van der Waals surface area contributed by atoms with E-state index in [2.05, 4.69) is 0 Å². The third-order valence-corrected chi connectivity index (χ3v) is 0. The van der Waals surface area contributed by atoms with Crippen molar-refractivity contribution >= 4 is 7.12 Å². The minimum absolute atomic E-state index is 0. The van der Waals surface area contributed by atoms with Gasteiger partial charge in [0, 0.05) is 0 Å². The first kappa shape index (κ1) is 16.8. The van der Waals surface area contributed by atoms with Crippen LogP contribution in [0.2, 0.25) is 6.82 Å². The van der Waals surface area contributed by atoms with E-state index in [4.69, 9.17) is 10.0 Å². The fourth-order valence-electron chi connectivity index (χ4n) is 0. The minimum atomic E-state index is -1.67. The molecule has 8 N–H and O–H groups in total. The summed E-state index contributed by atoms with van der Waals surface area (Å²) in [7, 11) is -1.67. The van der Waals surface area contributed by atoms with Crippen molar-refractivity contribution in [3.05, 3.63) is 0 Å². The summed E-state index contributed by atoms with van der Waals surface area (Å²) in [6.07, 6.45) is 0. The predicted octanol–water partition coefficient (Wildman–Crippen LogP) is -1.42. The number of rotatable bonds is 0. The first-order valence-electron chi connectivity index (χ1n) is 1.05. The van der Waals surface area contributed by atoms with Gasteiger partial charge in [0.2, 0.25) is 0 Å². The molecule has 0 spiro atoms. The molecule has 6 heavy (non-hydrogen) atoms. The monoisotopic (exact) mass is 94.1 g/mol. The Morgan fingerprint density at radius 3 is 1.17 bits per heavy atom. The number of hydrogen-bond donors (Lipinski definition) is 2. The molecule has 0 radical (unpaired) electrons. The van der Waals surface area contributed by atoms with Crippen LogP contribution in [0.15, 0.2) is 0 Å². The highest BCUT2D eigenvalue weighted by Gasteiger charge is 1.40. The summed E-state index contributed by atoms with van der Waals surface area (Å²) in [5.74, 6) is 0. The van der Waals surface area contributed by atoms with E-state index >= 15 is 0 Å². The van der Waals surface area contributed by atoms with Gasteiger partial charge < -0.3 is 22.3 Å². The second-order valence-corrected chi connectivity index (χ2v) is 0.568. The third-order valence-electron chi connectivity index (χ3n) is 0. The van der Waals surface area contributed by atoms with E-state index < -0.39 is 7.12 Å². The van der Waals surface area contributed by atoms with Crippen molar-refractivity contribution in [2.45, 2.75) is 6.82 Å². The van der Waals surface area contributed by atoms with Crippen LogP contribution in [-0.4, -0.2) is 7.12 Å². The molecule has 0 unspecified atom stereocenters. The van der Waals surface area contributed by atoms with Crippen LogP contribution in [0.5, 0.6) is 0 Å². The van der Waals surface area contributed by atoms with Gasteiger partial charge in [0.25, 0.3) is 0 Å². The zero-order valence-electron chi connectivity index (χ0n) is 4.39. The second-order valence-electron chi connectivity index (χ2n) is 0.568. The molecule has 0 aliphatic carbocycles. The Labute approximate surface area is 37.5 Å². The third kappa shape index (κ3) is 3650. The average molecular weight is 93.9 g/mol. The molecule has 0 aromatic heterocycles. The van der Waals surface area contributed by atoms with Crippen LogP contribution < -0.4 is 22.3 Å². The molecular weight excluding hydrogens is 82.8 g/mol. The molecule has 0 aromatic rings. The van der Waals surface area contributed by atoms with E-state index in [1.165, 1.54) is 0 Å². The van der Waals surface area contributed by atoms with Crippen molar-refractivity contribution in [3.8, 4) is 0 Å². The average Bonchev–Trinajstić information content (AvgIpc) is 0.811. The van der Waals surface area contributed by atoms with Crippen LogP contribution >= 0.6 is 0 Å². The lowest BCUT2D eigenvalue weighted by atomic mass is 9.99. The number of hydrogen-bond acceptors (Lipinski definition) is 2. The normalized spacial score (nSPS) is 4.50. The fraction of sp³-hybridized carbons (Fsp3) is 1.00. The standard InChI is InChI=1S/CH3BO2.2H3N/c1-2(3)4;;/h1H3;2*1H3/q-2;;/p+2. The van der Waals surface area contributed by atoms with Crippen molar-refractivity contribution in [3.63, 3.8) is 0 Å². The zero-order valence-corrected chi connectivity index (χ0v) is 4.39. The summed E-state index contributed by atoms with van der Waals surface area (Å²) in [5.41, 5.74) is 0. The molecule has 5 heteroatoms. The van der Waals surface area contributed by atoms with E-state index in [1.54, 1.807) is 0 Å². The van der Waals surface area contributed by atoms with Crippen molar-refractivity contribution in [1.29, 1.82) is 0 Å². The maximum atomic E-state index is 8.97. The van der Waals surface area contributed by atoms with Crippen molar-refractivity contribution in [1.82, 2.24) is 12.3 Å². The Bertz CT molecular complexity index is 16.3. The van der Waals surface area contributed by atoms with E-state index in [0.717, 1.165) is 6.82 Å². The van der Waals surface area contributed by atoms with Gasteiger partial charge in [0.05, 0.1) is 0 Å². The molecule has 0 aliphatic heterocycles. The predicted molar refractivity (Wildman–Crippen MR) is 23.6 cm³/mol. The molecule has 0 rings (SSSR count). The molecule has 0 aromatic carbocycles. The topological polar surface area (TPSA) is 119 Å². The smallest absolute Gasteiger partial charge is 0.121 e. The van der Waals surface area contributed by atoms with Gasteiger partial charge in [-0.25, -0.2) is 0 Å². The second kappa shape index (κ2) is 8.86. The van der Waals surface area contributed by atoms with Crippen LogP contribution in [0.3, 0.4) is 0 Å².